The van der Waals surface area contributed by atoms with Crippen molar-refractivity contribution in [2.75, 3.05) is 7.11 Å². The van der Waals surface area contributed by atoms with E-state index in [0.29, 0.717) is 22.8 Å². The second-order valence-corrected chi connectivity index (χ2v) is 5.21. The first-order valence-corrected chi connectivity index (χ1v) is 7.83. The van der Waals surface area contributed by atoms with E-state index in [0.717, 1.165) is 5.75 Å². The summed E-state index contributed by atoms with van der Waals surface area (Å²) >= 11 is 0. The van der Waals surface area contributed by atoms with Crippen LogP contribution in [0.2, 0.25) is 0 Å². The molecule has 0 spiro atoms. The summed E-state index contributed by atoms with van der Waals surface area (Å²) < 4.78 is 16.3. The second-order valence-electron chi connectivity index (χ2n) is 5.21. The van der Waals surface area contributed by atoms with E-state index < -0.39 is 0 Å². The highest BCUT2D eigenvalue weighted by Crippen LogP contribution is 2.18. The normalized spacial score (nSPS) is 10.7. The first kappa shape index (κ1) is 17.2. The molecule has 0 fully saturated rings. The zero-order valence-corrected chi connectivity index (χ0v) is 14.1. The van der Waals surface area contributed by atoms with Crippen molar-refractivity contribution in [3.05, 3.63) is 78.0 Å². The number of carbonyl (C=O) groups excluding carboxylic acids is 1. The van der Waals surface area contributed by atoms with Crippen molar-refractivity contribution in [1.82, 2.24) is 10.4 Å². The maximum atomic E-state index is 11.8. The summed E-state index contributed by atoms with van der Waals surface area (Å²) in [6.07, 6.45) is 4.48. The van der Waals surface area contributed by atoms with E-state index in [2.05, 4.69) is 15.5 Å². The Bertz CT molecular complexity index is 873. The lowest BCUT2D eigenvalue weighted by Crippen LogP contribution is -2.17. The van der Waals surface area contributed by atoms with Gasteiger partial charge in [-0.25, -0.2) is 5.43 Å². The molecule has 0 saturated heterocycles. The van der Waals surface area contributed by atoms with E-state index >= 15 is 0 Å². The molecule has 0 aliphatic carbocycles. The molecule has 0 unspecified atom stereocenters. The van der Waals surface area contributed by atoms with Crippen molar-refractivity contribution in [2.45, 2.75) is 6.61 Å². The van der Waals surface area contributed by atoms with Gasteiger partial charge in [-0.05, 0) is 48.5 Å². The summed E-state index contributed by atoms with van der Waals surface area (Å²) in [5, 5.41) is 3.87. The van der Waals surface area contributed by atoms with Gasteiger partial charge in [0, 0.05) is 12.4 Å². The number of pyridine rings is 1. The quantitative estimate of drug-likeness (QED) is 0.522. The number of hydrogen-bond donors (Lipinski definition) is 1. The van der Waals surface area contributed by atoms with E-state index in [1.54, 1.807) is 37.6 Å². The Morgan fingerprint density at radius 2 is 2.00 bits per heavy atom. The van der Waals surface area contributed by atoms with Gasteiger partial charge in [-0.15, -0.1) is 0 Å². The molecular weight excluding hydrogens is 334 g/mol. The Balaban J connectivity index is 1.50. The van der Waals surface area contributed by atoms with Gasteiger partial charge in [0.1, 0.15) is 29.6 Å². The van der Waals surface area contributed by atoms with Crippen molar-refractivity contribution in [3.63, 3.8) is 0 Å². The van der Waals surface area contributed by atoms with Crippen LogP contribution in [0.25, 0.3) is 0 Å². The van der Waals surface area contributed by atoms with Gasteiger partial charge in [-0.2, -0.15) is 5.10 Å². The minimum atomic E-state index is -0.344. The summed E-state index contributed by atoms with van der Waals surface area (Å²) in [5.74, 6) is 2.28. The lowest BCUT2D eigenvalue weighted by molar-refractivity contribution is 0.0954. The number of nitrogens with zero attached hydrogens (tertiary/aromatic N) is 2. The third-order valence-electron chi connectivity index (χ3n) is 3.40. The van der Waals surface area contributed by atoms with Gasteiger partial charge in [0.15, 0.2) is 0 Å². The fraction of sp³-hybridized carbons (Fsp3) is 0.105. The van der Waals surface area contributed by atoms with Gasteiger partial charge in [-0.3, -0.25) is 9.78 Å². The maximum absolute atomic E-state index is 11.8. The van der Waals surface area contributed by atoms with Crippen molar-refractivity contribution >= 4 is 12.1 Å². The topological polar surface area (TPSA) is 86.0 Å². The number of rotatable bonds is 7. The fourth-order valence-electron chi connectivity index (χ4n) is 2.08. The molecular formula is C19H17N3O4. The summed E-state index contributed by atoms with van der Waals surface area (Å²) in [4.78, 5) is 15.7. The molecule has 2 aromatic heterocycles. The number of aromatic nitrogens is 1. The van der Waals surface area contributed by atoms with Crippen molar-refractivity contribution in [2.24, 2.45) is 5.10 Å². The number of benzene rings is 1. The van der Waals surface area contributed by atoms with E-state index in [9.17, 15) is 4.79 Å². The third-order valence-corrected chi connectivity index (χ3v) is 3.40. The smallest absolute Gasteiger partial charge is 0.272 e. The van der Waals surface area contributed by atoms with E-state index in [1.807, 2.05) is 24.3 Å². The molecule has 7 heteroatoms. The Morgan fingerprint density at radius 1 is 1.19 bits per heavy atom. The van der Waals surface area contributed by atoms with Gasteiger partial charge >= 0.3 is 0 Å². The standard InChI is InChI=1S/C19H17N3O4/c1-24-15-4-6-16(7-5-15)25-13-18-9-8-17(26-18)12-21-22-19(23)14-3-2-10-20-11-14/h2-12H,13H2,1H3,(H,22,23)/b21-12+. The first-order chi connectivity index (χ1) is 12.7. The highest BCUT2D eigenvalue weighted by molar-refractivity contribution is 5.94. The van der Waals surface area contributed by atoms with Gasteiger partial charge in [0.05, 0.1) is 18.9 Å². The first-order valence-electron chi connectivity index (χ1n) is 7.83. The number of ether oxygens (including phenoxy) is 2. The van der Waals surface area contributed by atoms with Crippen molar-refractivity contribution in [1.29, 1.82) is 0 Å². The van der Waals surface area contributed by atoms with Crippen LogP contribution in [0.3, 0.4) is 0 Å². The van der Waals surface area contributed by atoms with Crippen LogP contribution < -0.4 is 14.9 Å². The molecule has 7 nitrogen and oxygen atoms in total. The molecule has 1 amide bonds. The molecule has 0 bridgehead atoms. The Labute approximate surface area is 150 Å². The van der Waals surface area contributed by atoms with Crippen molar-refractivity contribution < 1.29 is 18.7 Å². The number of carbonyl (C=O) groups is 1. The largest absolute Gasteiger partial charge is 0.497 e. The van der Waals surface area contributed by atoms with Crippen LogP contribution in [0.15, 0.2) is 70.4 Å². The van der Waals surface area contributed by atoms with Crippen molar-refractivity contribution in [3.8, 4) is 11.5 Å². The molecule has 0 aliphatic heterocycles. The predicted molar refractivity (Wildman–Crippen MR) is 95.3 cm³/mol. The molecule has 0 radical (unpaired) electrons. The van der Waals surface area contributed by atoms with E-state index in [-0.39, 0.29) is 12.5 Å². The van der Waals surface area contributed by atoms with Crippen LogP contribution in [0.1, 0.15) is 21.9 Å². The summed E-state index contributed by atoms with van der Waals surface area (Å²) in [6.45, 7) is 0.280. The van der Waals surface area contributed by atoms with Gasteiger partial charge in [-0.1, -0.05) is 0 Å². The zero-order valence-electron chi connectivity index (χ0n) is 14.1. The summed E-state index contributed by atoms with van der Waals surface area (Å²) in [5.41, 5.74) is 2.84. The molecule has 0 aliphatic rings. The maximum Gasteiger partial charge on any atom is 0.272 e. The Morgan fingerprint density at radius 3 is 2.73 bits per heavy atom. The molecule has 132 valence electrons. The SMILES string of the molecule is COc1ccc(OCc2ccc(/C=N/NC(=O)c3cccnc3)o2)cc1. The molecule has 3 aromatic rings. The molecule has 2 heterocycles. The fourth-order valence-corrected chi connectivity index (χ4v) is 2.08. The lowest BCUT2D eigenvalue weighted by Gasteiger charge is -2.05. The molecule has 1 aromatic carbocycles. The lowest BCUT2D eigenvalue weighted by atomic mass is 10.3. The number of nitrogens with one attached hydrogen (secondary N) is 1. The van der Waals surface area contributed by atoms with Crippen LogP contribution in [0, 0.1) is 0 Å². The highest BCUT2D eigenvalue weighted by Gasteiger charge is 2.04. The van der Waals surface area contributed by atoms with Gasteiger partial charge < -0.3 is 13.9 Å². The number of hydrazone groups is 1. The second kappa shape index (κ2) is 8.48. The average molecular weight is 351 g/mol. The summed E-state index contributed by atoms with van der Waals surface area (Å²) in [7, 11) is 1.61. The average Bonchev–Trinajstić information content (AvgIpc) is 3.15. The Hall–Kier alpha value is -3.61. The number of hydrogen-bond acceptors (Lipinski definition) is 6. The van der Waals surface area contributed by atoms with Crippen LogP contribution in [-0.2, 0) is 6.61 Å². The van der Waals surface area contributed by atoms with Crippen LogP contribution in [-0.4, -0.2) is 24.2 Å². The molecule has 1 N–H and O–H groups in total. The monoisotopic (exact) mass is 351 g/mol. The molecule has 0 atom stereocenters. The Kier molecular flexibility index (Phi) is 5.61. The van der Waals surface area contributed by atoms with E-state index in [4.69, 9.17) is 13.9 Å². The van der Waals surface area contributed by atoms with Gasteiger partial charge in [0.25, 0.3) is 5.91 Å². The predicted octanol–water partition coefficient (Wildman–Crippen LogP) is 3.03. The number of furan rings is 1. The zero-order chi connectivity index (χ0) is 18.2. The minimum absolute atomic E-state index is 0.280. The highest BCUT2D eigenvalue weighted by atomic mass is 16.5. The van der Waals surface area contributed by atoms with E-state index in [1.165, 1.54) is 12.4 Å². The van der Waals surface area contributed by atoms with Crippen LogP contribution >= 0.6 is 0 Å². The molecule has 26 heavy (non-hydrogen) atoms. The molecule has 0 saturated carbocycles. The number of methoxy groups -OCH3 is 1. The number of amides is 1. The third kappa shape index (κ3) is 4.70. The minimum Gasteiger partial charge on any atom is -0.497 e. The van der Waals surface area contributed by atoms with Gasteiger partial charge in [0.2, 0.25) is 0 Å². The van der Waals surface area contributed by atoms with Crippen LogP contribution in [0.4, 0.5) is 0 Å². The van der Waals surface area contributed by atoms with Crippen LogP contribution in [0.5, 0.6) is 11.5 Å². The molecule has 3 rings (SSSR count). The summed E-state index contributed by atoms with van der Waals surface area (Å²) in [6, 6.07) is 14.1.